The van der Waals surface area contributed by atoms with Crippen LogP contribution in [0.25, 0.3) is 0 Å². The van der Waals surface area contributed by atoms with Crippen molar-refractivity contribution in [1.82, 2.24) is 9.88 Å². The van der Waals surface area contributed by atoms with Crippen molar-refractivity contribution in [3.05, 3.63) is 52.7 Å². The second kappa shape index (κ2) is 5.89. The Labute approximate surface area is 140 Å². The van der Waals surface area contributed by atoms with Crippen molar-refractivity contribution in [2.24, 2.45) is 0 Å². The Morgan fingerprint density at radius 3 is 2.62 bits per heavy atom. The van der Waals surface area contributed by atoms with Gasteiger partial charge in [0.15, 0.2) is 17.9 Å². The van der Waals surface area contributed by atoms with Crippen LogP contribution in [0.3, 0.4) is 0 Å². The van der Waals surface area contributed by atoms with Gasteiger partial charge < -0.3 is 9.32 Å². The Kier molecular flexibility index (Phi) is 3.71. The number of benzene rings is 1. The van der Waals surface area contributed by atoms with Crippen LogP contribution in [0.1, 0.15) is 63.4 Å². The summed E-state index contributed by atoms with van der Waals surface area (Å²) in [5.74, 6) is 1.16. The number of carbonyl (C=O) groups is 2. The number of aromatic nitrogens is 1. The van der Waals surface area contributed by atoms with Crippen LogP contribution in [0.15, 0.2) is 29.0 Å². The molecule has 0 saturated heterocycles. The van der Waals surface area contributed by atoms with Crippen molar-refractivity contribution < 1.29 is 14.0 Å². The summed E-state index contributed by atoms with van der Waals surface area (Å²) in [6.45, 7) is 2.89. The fraction of sp³-hybridized carbons (Fsp3) is 0.421. The smallest absolute Gasteiger partial charge is 0.276 e. The van der Waals surface area contributed by atoms with Gasteiger partial charge in [0.25, 0.3) is 5.91 Å². The molecule has 2 heterocycles. The molecule has 0 N–H and O–H groups in total. The molecule has 1 amide bonds. The SMILES string of the molecule is CC(=O)c1ccc2c(c1)CCN(C(=O)c1ncoc1C1CC1)CC2. The lowest BCUT2D eigenvalue weighted by molar-refractivity contribution is 0.0755. The van der Waals surface area contributed by atoms with E-state index in [1.807, 2.05) is 23.1 Å². The Morgan fingerprint density at radius 2 is 1.92 bits per heavy atom. The molecule has 1 saturated carbocycles. The molecule has 1 aromatic heterocycles. The number of hydrogen-bond donors (Lipinski definition) is 0. The van der Waals surface area contributed by atoms with Gasteiger partial charge in [-0.3, -0.25) is 9.59 Å². The predicted molar refractivity (Wildman–Crippen MR) is 88.2 cm³/mol. The minimum Gasteiger partial charge on any atom is -0.447 e. The highest BCUT2D eigenvalue weighted by Crippen LogP contribution is 2.41. The minimum absolute atomic E-state index is 0.0368. The van der Waals surface area contributed by atoms with Crippen LogP contribution in [0, 0.1) is 0 Å². The van der Waals surface area contributed by atoms with Crippen LogP contribution in [0.5, 0.6) is 0 Å². The average molecular weight is 324 g/mol. The van der Waals surface area contributed by atoms with Crippen molar-refractivity contribution in [3.63, 3.8) is 0 Å². The molecule has 124 valence electrons. The summed E-state index contributed by atoms with van der Waals surface area (Å²) in [5.41, 5.74) is 3.60. The predicted octanol–water partition coefficient (Wildman–Crippen LogP) is 3.00. The van der Waals surface area contributed by atoms with Crippen molar-refractivity contribution in [1.29, 1.82) is 0 Å². The first-order valence-electron chi connectivity index (χ1n) is 8.49. The van der Waals surface area contributed by atoms with Crippen molar-refractivity contribution in [2.45, 2.75) is 38.5 Å². The van der Waals surface area contributed by atoms with Gasteiger partial charge in [-0.1, -0.05) is 12.1 Å². The lowest BCUT2D eigenvalue weighted by atomic mass is 9.99. The molecule has 0 atom stereocenters. The summed E-state index contributed by atoms with van der Waals surface area (Å²) in [5, 5.41) is 0. The Hall–Kier alpha value is -2.43. The van der Waals surface area contributed by atoms with Gasteiger partial charge in [-0.25, -0.2) is 4.98 Å². The monoisotopic (exact) mass is 324 g/mol. The van der Waals surface area contributed by atoms with Crippen molar-refractivity contribution >= 4 is 11.7 Å². The van der Waals surface area contributed by atoms with E-state index in [-0.39, 0.29) is 11.7 Å². The molecule has 0 bridgehead atoms. The molecule has 2 aliphatic rings. The van der Waals surface area contributed by atoms with Crippen LogP contribution in [0.2, 0.25) is 0 Å². The average Bonchev–Trinajstić information content (AvgIpc) is 3.35. The molecule has 24 heavy (non-hydrogen) atoms. The largest absolute Gasteiger partial charge is 0.447 e. The first-order valence-corrected chi connectivity index (χ1v) is 8.49. The fourth-order valence-corrected chi connectivity index (χ4v) is 3.35. The Balaban J connectivity index is 1.53. The molecule has 1 aliphatic heterocycles. The number of nitrogens with zero attached hydrogens (tertiary/aromatic N) is 2. The van der Waals surface area contributed by atoms with E-state index in [0.29, 0.717) is 24.7 Å². The highest BCUT2D eigenvalue weighted by Gasteiger charge is 2.34. The molecule has 1 aliphatic carbocycles. The third-order valence-corrected chi connectivity index (χ3v) is 4.95. The molecular formula is C19H20N2O3. The lowest BCUT2D eigenvalue weighted by Crippen LogP contribution is -2.34. The van der Waals surface area contributed by atoms with Crippen molar-refractivity contribution in [3.8, 4) is 0 Å². The molecule has 0 spiro atoms. The summed E-state index contributed by atoms with van der Waals surface area (Å²) < 4.78 is 5.44. The molecule has 0 unspecified atom stereocenters. The van der Waals surface area contributed by atoms with Crippen LogP contribution >= 0.6 is 0 Å². The summed E-state index contributed by atoms with van der Waals surface area (Å²) in [4.78, 5) is 30.4. The van der Waals surface area contributed by atoms with Gasteiger partial charge in [0.2, 0.25) is 0 Å². The van der Waals surface area contributed by atoms with Crippen LogP contribution in [-0.4, -0.2) is 34.7 Å². The Bertz CT molecular complexity index is 805. The van der Waals surface area contributed by atoms with E-state index in [2.05, 4.69) is 4.98 Å². The number of rotatable bonds is 3. The maximum absolute atomic E-state index is 12.8. The van der Waals surface area contributed by atoms with Crippen LogP contribution in [0.4, 0.5) is 0 Å². The van der Waals surface area contributed by atoms with E-state index in [1.165, 1.54) is 17.5 Å². The number of amides is 1. The Morgan fingerprint density at radius 1 is 1.17 bits per heavy atom. The zero-order valence-corrected chi connectivity index (χ0v) is 13.7. The summed E-state index contributed by atoms with van der Waals surface area (Å²) in [7, 11) is 0. The number of hydrogen-bond acceptors (Lipinski definition) is 4. The molecule has 1 aromatic carbocycles. The first-order chi connectivity index (χ1) is 11.6. The molecule has 2 aromatic rings. The topological polar surface area (TPSA) is 63.4 Å². The first kappa shape index (κ1) is 15.1. The van der Waals surface area contributed by atoms with Gasteiger partial charge in [0, 0.05) is 24.6 Å². The van der Waals surface area contributed by atoms with E-state index in [0.717, 1.165) is 37.0 Å². The summed E-state index contributed by atoms with van der Waals surface area (Å²) in [6, 6.07) is 5.87. The van der Waals surface area contributed by atoms with Gasteiger partial charge in [-0.2, -0.15) is 0 Å². The molecule has 4 rings (SSSR count). The minimum atomic E-state index is -0.0368. The quantitative estimate of drug-likeness (QED) is 0.814. The zero-order chi connectivity index (χ0) is 16.7. The van der Waals surface area contributed by atoms with Gasteiger partial charge >= 0.3 is 0 Å². The maximum atomic E-state index is 12.8. The molecule has 0 radical (unpaired) electrons. The third kappa shape index (κ3) is 2.75. The van der Waals surface area contributed by atoms with Gasteiger partial charge in [0.1, 0.15) is 5.76 Å². The molecular weight excluding hydrogens is 304 g/mol. The fourth-order valence-electron chi connectivity index (χ4n) is 3.35. The highest BCUT2D eigenvalue weighted by atomic mass is 16.3. The summed E-state index contributed by atoms with van der Waals surface area (Å²) in [6.07, 6.45) is 5.10. The van der Waals surface area contributed by atoms with E-state index < -0.39 is 0 Å². The van der Waals surface area contributed by atoms with E-state index in [1.54, 1.807) is 6.92 Å². The summed E-state index contributed by atoms with van der Waals surface area (Å²) >= 11 is 0. The third-order valence-electron chi connectivity index (χ3n) is 4.95. The van der Waals surface area contributed by atoms with E-state index in [4.69, 9.17) is 4.42 Å². The van der Waals surface area contributed by atoms with Crippen LogP contribution in [-0.2, 0) is 12.8 Å². The number of fused-ring (bicyclic) bond motifs is 1. The second-order valence-electron chi connectivity index (χ2n) is 6.67. The highest BCUT2D eigenvalue weighted by molar-refractivity contribution is 5.94. The van der Waals surface area contributed by atoms with Crippen molar-refractivity contribution in [2.75, 3.05) is 13.1 Å². The molecule has 1 fully saturated rings. The lowest BCUT2D eigenvalue weighted by Gasteiger charge is -2.19. The van der Waals surface area contributed by atoms with Gasteiger partial charge in [0.05, 0.1) is 0 Å². The van der Waals surface area contributed by atoms with Gasteiger partial charge in [-0.05, 0) is 49.8 Å². The number of Topliss-reactive ketones (excluding diaryl/α,β-unsaturated/α-hetero) is 1. The number of oxazole rings is 1. The number of carbonyl (C=O) groups excluding carboxylic acids is 2. The van der Waals surface area contributed by atoms with Crippen LogP contribution < -0.4 is 0 Å². The normalized spacial score (nSPS) is 17.3. The zero-order valence-electron chi connectivity index (χ0n) is 13.7. The van der Waals surface area contributed by atoms with Gasteiger partial charge in [-0.15, -0.1) is 0 Å². The second-order valence-corrected chi connectivity index (χ2v) is 6.67. The van der Waals surface area contributed by atoms with E-state index >= 15 is 0 Å². The molecule has 5 nitrogen and oxygen atoms in total. The standard InChI is InChI=1S/C19H20N2O3/c1-12(22)15-5-2-13-6-8-21(9-7-16(13)10-15)19(23)17-18(14-3-4-14)24-11-20-17/h2,5,10-11,14H,3-4,6-9H2,1H3. The maximum Gasteiger partial charge on any atom is 0.276 e. The number of ketones is 1. The van der Waals surface area contributed by atoms with E-state index in [9.17, 15) is 9.59 Å². The molecule has 5 heteroatoms.